The molecular weight excluding hydrogens is 312 g/mol. The van der Waals surface area contributed by atoms with Gasteiger partial charge in [-0.25, -0.2) is 0 Å². The maximum absolute atomic E-state index is 12.4. The number of hydrogen-bond acceptors (Lipinski definition) is 6. The van der Waals surface area contributed by atoms with Gasteiger partial charge in [-0.3, -0.25) is 9.59 Å². The zero-order valence-electron chi connectivity index (χ0n) is 14.8. The van der Waals surface area contributed by atoms with Gasteiger partial charge in [0.05, 0.1) is 24.5 Å². The lowest BCUT2D eigenvalue weighted by atomic mass is 9.47. The summed E-state index contributed by atoms with van der Waals surface area (Å²) in [5, 5.41) is 0. The summed E-state index contributed by atoms with van der Waals surface area (Å²) in [5.41, 5.74) is -0.960. The zero-order chi connectivity index (χ0) is 17.3. The van der Waals surface area contributed by atoms with Crippen molar-refractivity contribution in [3.05, 3.63) is 0 Å². The highest BCUT2D eigenvalue weighted by atomic mass is 16.7. The zero-order valence-corrected chi connectivity index (χ0v) is 14.8. The van der Waals surface area contributed by atoms with Gasteiger partial charge in [-0.05, 0) is 33.1 Å². The molecule has 2 aliphatic carbocycles. The topological polar surface area (TPSA) is 71.1 Å². The summed E-state index contributed by atoms with van der Waals surface area (Å²) in [5.74, 6) is -0.767. The van der Waals surface area contributed by atoms with Crippen molar-refractivity contribution < 1.29 is 28.5 Å². The van der Waals surface area contributed by atoms with Crippen molar-refractivity contribution in [2.24, 2.45) is 28.6 Å². The molecule has 4 rings (SSSR count). The summed E-state index contributed by atoms with van der Waals surface area (Å²) in [6.45, 7) is 8.81. The molecular formula is C18H26O6. The van der Waals surface area contributed by atoms with E-state index in [1.54, 1.807) is 0 Å². The molecule has 4 fully saturated rings. The van der Waals surface area contributed by atoms with Crippen molar-refractivity contribution in [1.29, 1.82) is 0 Å². The third-order valence-electron chi connectivity index (χ3n) is 6.46. The number of carbonyl (C=O) groups is 2. The van der Waals surface area contributed by atoms with E-state index in [4.69, 9.17) is 18.9 Å². The molecule has 0 aromatic carbocycles. The molecule has 0 radical (unpaired) electrons. The van der Waals surface area contributed by atoms with E-state index < -0.39 is 17.3 Å². The van der Waals surface area contributed by atoms with Gasteiger partial charge >= 0.3 is 11.9 Å². The normalized spacial score (nSPS) is 42.4. The molecule has 6 nitrogen and oxygen atoms in total. The standard InChI is InChI=1S/C18H26O6/c1-16(2,3)15(20)21-9-11-17(4)12(14(19)24-11)10-5-6-18(13(10)17)22-7-8-23-18/h10-13H,5-9H2,1-4H3/t10-,11+,12+,13-,17-/m1/s1. The van der Waals surface area contributed by atoms with E-state index in [1.165, 1.54) is 0 Å². The predicted molar refractivity (Wildman–Crippen MR) is 82.7 cm³/mol. The molecule has 134 valence electrons. The van der Waals surface area contributed by atoms with Gasteiger partial charge in [0, 0.05) is 17.8 Å². The Kier molecular flexibility index (Phi) is 3.37. The van der Waals surface area contributed by atoms with Gasteiger partial charge < -0.3 is 18.9 Å². The van der Waals surface area contributed by atoms with Crippen LogP contribution in [0.4, 0.5) is 0 Å². The number of fused-ring (bicyclic) bond motifs is 5. The summed E-state index contributed by atoms with van der Waals surface area (Å²) < 4.78 is 23.0. The van der Waals surface area contributed by atoms with Gasteiger partial charge in [-0.2, -0.15) is 0 Å². The van der Waals surface area contributed by atoms with Crippen LogP contribution in [0.5, 0.6) is 0 Å². The highest BCUT2D eigenvalue weighted by molar-refractivity contribution is 5.79. The molecule has 2 saturated heterocycles. The first-order valence-electron chi connectivity index (χ1n) is 8.86. The lowest BCUT2D eigenvalue weighted by Crippen LogP contribution is -2.63. The largest absolute Gasteiger partial charge is 0.461 e. The van der Waals surface area contributed by atoms with Crippen LogP contribution in [0.25, 0.3) is 0 Å². The van der Waals surface area contributed by atoms with Gasteiger partial charge in [0.15, 0.2) is 5.79 Å². The number of carbonyl (C=O) groups excluding carboxylic acids is 2. The molecule has 2 saturated carbocycles. The number of rotatable bonds is 2. The van der Waals surface area contributed by atoms with Crippen LogP contribution in [-0.4, -0.2) is 43.7 Å². The van der Waals surface area contributed by atoms with Gasteiger partial charge in [-0.15, -0.1) is 0 Å². The molecule has 0 bridgehead atoms. The number of esters is 2. The van der Waals surface area contributed by atoms with Crippen molar-refractivity contribution in [1.82, 2.24) is 0 Å². The predicted octanol–water partition coefficient (Wildman–Crippen LogP) is 1.91. The number of hydrogen-bond donors (Lipinski definition) is 0. The molecule has 2 heterocycles. The molecule has 0 unspecified atom stereocenters. The van der Waals surface area contributed by atoms with Crippen molar-refractivity contribution in [2.75, 3.05) is 19.8 Å². The third kappa shape index (κ3) is 1.96. The molecule has 0 N–H and O–H groups in total. The first kappa shape index (κ1) is 16.3. The fourth-order valence-electron chi connectivity index (χ4n) is 5.39. The summed E-state index contributed by atoms with van der Waals surface area (Å²) in [6.07, 6.45) is 1.33. The van der Waals surface area contributed by atoms with E-state index in [2.05, 4.69) is 6.92 Å². The summed E-state index contributed by atoms with van der Waals surface area (Å²) >= 11 is 0. The summed E-state index contributed by atoms with van der Waals surface area (Å²) in [7, 11) is 0. The quantitative estimate of drug-likeness (QED) is 0.716. The Bertz CT molecular complexity index is 573. The minimum absolute atomic E-state index is 0.105. The lowest BCUT2D eigenvalue weighted by molar-refractivity contribution is -0.261. The van der Waals surface area contributed by atoms with Gasteiger partial charge in [0.25, 0.3) is 0 Å². The van der Waals surface area contributed by atoms with Crippen LogP contribution in [0.1, 0.15) is 40.5 Å². The van der Waals surface area contributed by atoms with Crippen molar-refractivity contribution >= 4 is 11.9 Å². The van der Waals surface area contributed by atoms with Gasteiger partial charge in [0.2, 0.25) is 0 Å². The van der Waals surface area contributed by atoms with Crippen LogP contribution in [0.2, 0.25) is 0 Å². The molecule has 0 aromatic rings. The second-order valence-electron chi connectivity index (χ2n) is 8.81. The van der Waals surface area contributed by atoms with Crippen LogP contribution >= 0.6 is 0 Å². The smallest absolute Gasteiger partial charge is 0.311 e. The Hall–Kier alpha value is -1.14. The maximum atomic E-state index is 12.4. The van der Waals surface area contributed by atoms with E-state index in [1.807, 2.05) is 20.8 Å². The summed E-state index contributed by atoms with van der Waals surface area (Å²) in [6, 6.07) is 0. The average molecular weight is 338 g/mol. The molecule has 24 heavy (non-hydrogen) atoms. The minimum Gasteiger partial charge on any atom is -0.461 e. The van der Waals surface area contributed by atoms with Gasteiger partial charge in [-0.1, -0.05) is 6.92 Å². The van der Waals surface area contributed by atoms with E-state index in [0.29, 0.717) is 13.2 Å². The Morgan fingerprint density at radius 1 is 1.29 bits per heavy atom. The molecule has 2 aliphatic heterocycles. The fourth-order valence-corrected chi connectivity index (χ4v) is 5.39. The third-order valence-corrected chi connectivity index (χ3v) is 6.46. The molecule has 0 amide bonds. The van der Waals surface area contributed by atoms with Crippen molar-refractivity contribution in [3.8, 4) is 0 Å². The molecule has 1 spiro atoms. The minimum atomic E-state index is -0.573. The molecule has 5 atom stereocenters. The van der Waals surface area contributed by atoms with Crippen LogP contribution in [0.3, 0.4) is 0 Å². The van der Waals surface area contributed by atoms with E-state index >= 15 is 0 Å². The molecule has 6 heteroatoms. The number of ether oxygens (including phenoxy) is 4. The highest BCUT2D eigenvalue weighted by Crippen LogP contribution is 2.72. The van der Waals surface area contributed by atoms with Crippen LogP contribution in [0.15, 0.2) is 0 Å². The van der Waals surface area contributed by atoms with E-state index in [-0.39, 0.29) is 41.7 Å². The first-order valence-corrected chi connectivity index (χ1v) is 8.86. The van der Waals surface area contributed by atoms with Crippen molar-refractivity contribution in [3.63, 3.8) is 0 Å². The van der Waals surface area contributed by atoms with Crippen LogP contribution < -0.4 is 0 Å². The fraction of sp³-hybridized carbons (Fsp3) is 0.889. The lowest BCUT2D eigenvalue weighted by Gasteiger charge is -2.56. The second kappa shape index (κ2) is 4.94. The highest BCUT2D eigenvalue weighted by Gasteiger charge is 2.79. The SMILES string of the molecule is CC(C)(C)C(=O)OC[C@@H]1OC(=O)[C@@H]2[C@H]3CCC4(OCCO4)[C@H]3[C@]12C. The van der Waals surface area contributed by atoms with Gasteiger partial charge in [0.1, 0.15) is 12.7 Å². The van der Waals surface area contributed by atoms with E-state index in [0.717, 1.165) is 12.8 Å². The molecule has 4 aliphatic rings. The Morgan fingerprint density at radius 2 is 1.96 bits per heavy atom. The van der Waals surface area contributed by atoms with Crippen LogP contribution in [-0.2, 0) is 28.5 Å². The van der Waals surface area contributed by atoms with E-state index in [9.17, 15) is 9.59 Å². The Morgan fingerprint density at radius 3 is 2.58 bits per heavy atom. The monoisotopic (exact) mass is 338 g/mol. The van der Waals surface area contributed by atoms with Crippen LogP contribution in [0, 0.1) is 28.6 Å². The summed E-state index contributed by atoms with van der Waals surface area (Å²) in [4.78, 5) is 24.5. The maximum Gasteiger partial charge on any atom is 0.311 e. The first-order chi connectivity index (χ1) is 11.2. The second-order valence-corrected chi connectivity index (χ2v) is 8.81. The number of cyclic esters (lactones) is 1. The Balaban J connectivity index is 1.55. The molecule has 0 aromatic heterocycles. The Labute approximate surface area is 142 Å². The average Bonchev–Trinajstić information content (AvgIpc) is 3.12. The van der Waals surface area contributed by atoms with Crippen molar-refractivity contribution in [2.45, 2.75) is 52.4 Å².